The first-order valence-electron chi connectivity index (χ1n) is 8.29. The van der Waals surface area contributed by atoms with Crippen molar-refractivity contribution in [3.63, 3.8) is 0 Å². The predicted molar refractivity (Wildman–Crippen MR) is 97.7 cm³/mol. The molecule has 1 fully saturated rings. The van der Waals surface area contributed by atoms with Crippen molar-refractivity contribution in [3.8, 4) is 11.3 Å². The summed E-state index contributed by atoms with van der Waals surface area (Å²) in [5, 5.41) is 6.51. The smallest absolute Gasteiger partial charge is 0.181 e. The van der Waals surface area contributed by atoms with Gasteiger partial charge in [0.15, 0.2) is 5.65 Å². The molecule has 0 radical (unpaired) electrons. The number of aromatic nitrogens is 5. The molecule has 6 nitrogen and oxygen atoms in total. The van der Waals surface area contributed by atoms with E-state index >= 15 is 0 Å². The van der Waals surface area contributed by atoms with Crippen LogP contribution in [0.4, 0.5) is 0 Å². The molecule has 4 aromatic heterocycles. The molecule has 0 unspecified atom stereocenters. The monoisotopic (exact) mass is 351 g/mol. The second-order valence-electron chi connectivity index (χ2n) is 6.54. The van der Waals surface area contributed by atoms with Crippen molar-refractivity contribution in [3.05, 3.63) is 35.6 Å². The highest BCUT2D eigenvalue weighted by Crippen LogP contribution is 2.41. The van der Waals surface area contributed by atoms with Crippen LogP contribution >= 0.6 is 11.3 Å². The average Bonchev–Trinajstić information content (AvgIpc) is 3.14. The number of thiazole rings is 1. The molecule has 0 atom stereocenters. The Bertz CT molecular complexity index is 1080. The van der Waals surface area contributed by atoms with Crippen molar-refractivity contribution >= 4 is 32.7 Å². The first kappa shape index (κ1) is 14.9. The van der Waals surface area contributed by atoms with Crippen LogP contribution < -0.4 is 0 Å². The summed E-state index contributed by atoms with van der Waals surface area (Å²) >= 11 is 1.70. The van der Waals surface area contributed by atoms with Crippen LogP contribution in [0.15, 0.2) is 30.6 Å². The Hall–Kier alpha value is -2.38. The summed E-state index contributed by atoms with van der Waals surface area (Å²) in [7, 11) is 3.68. The Morgan fingerprint density at radius 1 is 1.24 bits per heavy atom. The number of methoxy groups -OCH3 is 1. The van der Waals surface area contributed by atoms with Crippen LogP contribution in [0.2, 0.25) is 0 Å². The van der Waals surface area contributed by atoms with E-state index in [1.165, 1.54) is 5.01 Å². The van der Waals surface area contributed by atoms with Gasteiger partial charge in [-0.15, -0.1) is 0 Å². The summed E-state index contributed by atoms with van der Waals surface area (Å²) in [6.07, 6.45) is 6.31. The number of fused-ring (bicyclic) bond motifs is 2. The van der Waals surface area contributed by atoms with Gasteiger partial charge >= 0.3 is 0 Å². The zero-order chi connectivity index (χ0) is 17.0. The molecule has 5 rings (SSSR count). The Balaban J connectivity index is 1.50. The van der Waals surface area contributed by atoms with Crippen LogP contribution in [-0.4, -0.2) is 37.9 Å². The SMILES string of the molecule is COC1CC(c2nc3ccc(-c4cnc5nn(C)cc5c4)nc3s2)C1. The Morgan fingerprint density at radius 3 is 2.96 bits per heavy atom. The van der Waals surface area contributed by atoms with Crippen molar-refractivity contribution in [1.82, 2.24) is 24.7 Å². The molecule has 0 aliphatic heterocycles. The normalized spacial score (nSPS) is 20.2. The van der Waals surface area contributed by atoms with Crippen molar-refractivity contribution < 1.29 is 4.74 Å². The standard InChI is InChI=1S/C18H17N5OS/c1-23-9-12-5-11(8-19-16(12)22-23)14-3-4-15-18(20-14)25-17(21-15)10-6-13(7-10)24-2/h3-5,8-10,13H,6-7H2,1-2H3. The maximum atomic E-state index is 5.37. The zero-order valence-electron chi connectivity index (χ0n) is 14.0. The van der Waals surface area contributed by atoms with Gasteiger partial charge in [0.1, 0.15) is 10.3 Å². The van der Waals surface area contributed by atoms with Crippen LogP contribution in [0, 0.1) is 0 Å². The fraction of sp³-hybridized carbons (Fsp3) is 0.333. The first-order chi connectivity index (χ1) is 12.2. The molecule has 4 aromatic rings. The summed E-state index contributed by atoms with van der Waals surface area (Å²) in [5.74, 6) is 0.515. The van der Waals surface area contributed by atoms with E-state index in [9.17, 15) is 0 Å². The summed E-state index contributed by atoms with van der Waals surface area (Å²) in [5.41, 5.74) is 3.65. The molecule has 1 aliphatic carbocycles. The van der Waals surface area contributed by atoms with Crippen molar-refractivity contribution in [2.75, 3.05) is 7.11 Å². The molecule has 0 spiro atoms. The number of nitrogens with zero attached hydrogens (tertiary/aromatic N) is 5. The lowest BCUT2D eigenvalue weighted by Gasteiger charge is -2.32. The molecule has 1 aliphatic rings. The van der Waals surface area contributed by atoms with Crippen LogP contribution in [0.3, 0.4) is 0 Å². The second-order valence-corrected chi connectivity index (χ2v) is 7.55. The molecular formula is C18H17N5OS. The van der Waals surface area contributed by atoms with E-state index in [2.05, 4.69) is 22.2 Å². The van der Waals surface area contributed by atoms with Crippen LogP contribution in [0.5, 0.6) is 0 Å². The topological polar surface area (TPSA) is 65.7 Å². The van der Waals surface area contributed by atoms with Crippen molar-refractivity contribution in [2.24, 2.45) is 7.05 Å². The fourth-order valence-electron chi connectivity index (χ4n) is 3.30. The fourth-order valence-corrected chi connectivity index (χ4v) is 4.37. The second kappa shape index (κ2) is 5.57. The van der Waals surface area contributed by atoms with E-state index in [-0.39, 0.29) is 0 Å². The van der Waals surface area contributed by atoms with Gasteiger partial charge in [-0.3, -0.25) is 4.68 Å². The van der Waals surface area contributed by atoms with Gasteiger partial charge in [-0.25, -0.2) is 15.0 Å². The largest absolute Gasteiger partial charge is 0.381 e. The van der Waals surface area contributed by atoms with Gasteiger partial charge < -0.3 is 4.74 Å². The molecule has 0 bridgehead atoms. The highest BCUT2D eigenvalue weighted by molar-refractivity contribution is 7.18. The Kier molecular flexibility index (Phi) is 3.33. The predicted octanol–water partition coefficient (Wildman–Crippen LogP) is 3.53. The maximum Gasteiger partial charge on any atom is 0.181 e. The third-order valence-corrected chi connectivity index (χ3v) is 5.95. The number of aryl methyl sites for hydroxylation is 1. The van der Waals surface area contributed by atoms with Crippen LogP contribution in [0.1, 0.15) is 23.8 Å². The van der Waals surface area contributed by atoms with Gasteiger partial charge in [-0.1, -0.05) is 11.3 Å². The van der Waals surface area contributed by atoms with E-state index in [0.29, 0.717) is 12.0 Å². The van der Waals surface area contributed by atoms with E-state index in [4.69, 9.17) is 14.7 Å². The lowest BCUT2D eigenvalue weighted by molar-refractivity contribution is 0.0258. The van der Waals surface area contributed by atoms with Crippen molar-refractivity contribution in [2.45, 2.75) is 24.9 Å². The molecule has 0 amide bonds. The third-order valence-electron chi connectivity index (χ3n) is 4.82. The minimum Gasteiger partial charge on any atom is -0.381 e. The van der Waals surface area contributed by atoms with Gasteiger partial charge in [0.25, 0.3) is 0 Å². The lowest BCUT2D eigenvalue weighted by Crippen LogP contribution is -2.28. The first-order valence-corrected chi connectivity index (χ1v) is 9.11. The van der Waals surface area contributed by atoms with E-state index in [1.54, 1.807) is 23.1 Å². The van der Waals surface area contributed by atoms with Gasteiger partial charge in [0, 0.05) is 43.4 Å². The number of pyridine rings is 2. The quantitative estimate of drug-likeness (QED) is 0.565. The van der Waals surface area contributed by atoms with E-state index < -0.39 is 0 Å². The molecule has 25 heavy (non-hydrogen) atoms. The van der Waals surface area contributed by atoms with Gasteiger partial charge in [-0.2, -0.15) is 5.10 Å². The third kappa shape index (κ3) is 2.51. The lowest BCUT2D eigenvalue weighted by atomic mass is 9.83. The number of hydrogen-bond acceptors (Lipinski definition) is 6. The number of ether oxygens (including phenoxy) is 1. The summed E-state index contributed by atoms with van der Waals surface area (Å²) < 4.78 is 7.15. The number of rotatable bonds is 3. The highest BCUT2D eigenvalue weighted by atomic mass is 32.1. The minimum absolute atomic E-state index is 0.387. The molecule has 126 valence electrons. The van der Waals surface area contributed by atoms with Crippen molar-refractivity contribution in [1.29, 1.82) is 0 Å². The molecule has 7 heteroatoms. The van der Waals surface area contributed by atoms with Gasteiger partial charge in [-0.05, 0) is 31.0 Å². The average molecular weight is 351 g/mol. The van der Waals surface area contributed by atoms with Gasteiger partial charge in [0.05, 0.1) is 16.8 Å². The number of hydrogen-bond donors (Lipinski definition) is 0. The maximum absolute atomic E-state index is 5.37. The van der Waals surface area contributed by atoms with E-state index in [0.717, 1.165) is 45.5 Å². The Morgan fingerprint density at radius 2 is 2.12 bits per heavy atom. The molecule has 1 saturated carbocycles. The minimum atomic E-state index is 0.387. The van der Waals surface area contributed by atoms with Crippen LogP contribution in [0.25, 0.3) is 32.6 Å². The Labute approximate surface area is 148 Å². The molecular weight excluding hydrogens is 334 g/mol. The summed E-state index contributed by atoms with van der Waals surface area (Å²) in [4.78, 5) is 15.0. The molecule has 0 aromatic carbocycles. The highest BCUT2D eigenvalue weighted by Gasteiger charge is 2.32. The molecule has 0 saturated heterocycles. The molecule has 4 heterocycles. The zero-order valence-corrected chi connectivity index (χ0v) is 14.8. The molecule has 0 N–H and O–H groups in total. The van der Waals surface area contributed by atoms with Gasteiger partial charge in [0.2, 0.25) is 0 Å². The van der Waals surface area contributed by atoms with Crippen LogP contribution in [-0.2, 0) is 11.8 Å². The summed E-state index contributed by atoms with van der Waals surface area (Å²) in [6.45, 7) is 0. The summed E-state index contributed by atoms with van der Waals surface area (Å²) in [6, 6.07) is 6.15. The van der Waals surface area contributed by atoms with E-state index in [1.807, 2.05) is 25.5 Å².